The maximum absolute atomic E-state index is 10.1. The number of aliphatic hydroxyl groups is 5. The highest BCUT2D eigenvalue weighted by atomic mass is 32.2. The molecule has 0 fully saturated rings. The van der Waals surface area contributed by atoms with Crippen molar-refractivity contribution in [1.82, 2.24) is 0 Å². The molecule has 0 bridgehead atoms. The van der Waals surface area contributed by atoms with E-state index in [1.807, 2.05) is 11.0 Å². The number of thiol groups is 1. The summed E-state index contributed by atoms with van der Waals surface area (Å²) >= 11 is 5.95. The summed E-state index contributed by atoms with van der Waals surface area (Å²) in [4.78, 5) is 3.46. The van der Waals surface area contributed by atoms with Gasteiger partial charge in [0.2, 0.25) is 0 Å². The molecule has 4 atom stereocenters. The average Bonchev–Trinajstić information content (AvgIpc) is 2.54. The van der Waals surface area contributed by atoms with Crippen molar-refractivity contribution in [3.05, 3.63) is 12.1 Å². The Morgan fingerprint density at radius 1 is 1.17 bits per heavy atom. The molecule has 1 aliphatic heterocycles. The van der Waals surface area contributed by atoms with E-state index in [2.05, 4.69) is 12.6 Å². The minimum atomic E-state index is -1.62. The van der Waals surface area contributed by atoms with Crippen LogP contribution in [0.1, 0.15) is 0 Å². The Labute approximate surface area is 144 Å². The monoisotopic (exact) mass is 362 g/mol. The Hall–Kier alpha value is -0.680. The summed E-state index contributed by atoms with van der Waals surface area (Å²) in [5.41, 5.74) is 7.27. The third kappa shape index (κ3) is 4.24. The molecular formula is C14H22N2O5S2. The topological polar surface area (TPSA) is 130 Å². The Morgan fingerprint density at radius 3 is 2.48 bits per heavy atom. The van der Waals surface area contributed by atoms with Crippen LogP contribution in [0.25, 0.3) is 0 Å². The SMILES string of the molecule is Nc1cc2c(cc1S)N(CC(O)C(O)C(O)C(O)CO)CCS2. The summed E-state index contributed by atoms with van der Waals surface area (Å²) in [6.07, 6.45) is -5.99. The van der Waals surface area contributed by atoms with E-state index in [1.54, 1.807) is 17.8 Å². The first-order chi connectivity index (χ1) is 10.8. The maximum atomic E-state index is 10.1. The maximum Gasteiger partial charge on any atom is 0.111 e. The first kappa shape index (κ1) is 18.7. The van der Waals surface area contributed by atoms with Crippen molar-refractivity contribution in [1.29, 1.82) is 0 Å². The minimum absolute atomic E-state index is 0.0705. The molecule has 0 spiro atoms. The fourth-order valence-electron chi connectivity index (χ4n) is 2.41. The molecule has 1 aromatic rings. The first-order valence-corrected chi connectivity index (χ1v) is 8.61. The van der Waals surface area contributed by atoms with Gasteiger partial charge in [0, 0.05) is 34.3 Å². The smallest absolute Gasteiger partial charge is 0.111 e. The van der Waals surface area contributed by atoms with Crippen LogP contribution in [0.5, 0.6) is 0 Å². The Balaban J connectivity index is 2.11. The van der Waals surface area contributed by atoms with Crippen molar-refractivity contribution >= 4 is 35.8 Å². The van der Waals surface area contributed by atoms with E-state index in [-0.39, 0.29) is 6.54 Å². The molecule has 0 amide bonds. The zero-order chi connectivity index (χ0) is 17.1. The van der Waals surface area contributed by atoms with Crippen molar-refractivity contribution in [2.24, 2.45) is 0 Å². The second-order valence-electron chi connectivity index (χ2n) is 5.47. The Kier molecular flexibility index (Phi) is 6.43. The van der Waals surface area contributed by atoms with Gasteiger partial charge < -0.3 is 36.2 Å². The average molecular weight is 362 g/mol. The number of hydrogen-bond acceptors (Lipinski definition) is 9. The second kappa shape index (κ2) is 7.93. The third-order valence-electron chi connectivity index (χ3n) is 3.80. The number of nitrogens with zero attached hydrogens (tertiary/aromatic N) is 1. The van der Waals surface area contributed by atoms with Crippen molar-refractivity contribution in [2.45, 2.75) is 34.2 Å². The molecule has 2 rings (SSSR count). The third-order valence-corrected chi connectivity index (χ3v) is 5.21. The second-order valence-corrected chi connectivity index (χ2v) is 7.09. The van der Waals surface area contributed by atoms with Gasteiger partial charge in [-0.05, 0) is 12.1 Å². The highest BCUT2D eigenvalue weighted by molar-refractivity contribution is 7.99. The number of nitrogens with two attached hydrogens (primary N) is 1. The quantitative estimate of drug-likeness (QED) is 0.251. The molecule has 0 aromatic heterocycles. The van der Waals surface area contributed by atoms with Gasteiger partial charge in [-0.2, -0.15) is 0 Å². The van der Waals surface area contributed by atoms with E-state index in [9.17, 15) is 20.4 Å². The molecule has 0 saturated heterocycles. The number of thioether (sulfide) groups is 1. The van der Waals surface area contributed by atoms with Crippen molar-refractivity contribution in [3.63, 3.8) is 0 Å². The van der Waals surface area contributed by atoms with Crippen molar-refractivity contribution in [2.75, 3.05) is 36.1 Å². The number of benzene rings is 1. The van der Waals surface area contributed by atoms with Crippen LogP contribution in [0.2, 0.25) is 0 Å². The van der Waals surface area contributed by atoms with E-state index < -0.39 is 31.0 Å². The molecule has 4 unspecified atom stereocenters. The van der Waals surface area contributed by atoms with Crippen LogP contribution >= 0.6 is 24.4 Å². The van der Waals surface area contributed by atoms with Crippen LogP contribution in [0.3, 0.4) is 0 Å². The van der Waals surface area contributed by atoms with E-state index in [1.165, 1.54) is 0 Å². The van der Waals surface area contributed by atoms with Gasteiger partial charge in [0.25, 0.3) is 0 Å². The number of β-amino-alcohol motifs (C(OH)–C–C–N with tert-alkyl or cyclic N) is 1. The zero-order valence-corrected chi connectivity index (χ0v) is 14.1. The molecule has 23 heavy (non-hydrogen) atoms. The summed E-state index contributed by atoms with van der Waals surface area (Å²) in [6, 6.07) is 3.62. The number of hydrogen-bond donors (Lipinski definition) is 7. The zero-order valence-electron chi connectivity index (χ0n) is 12.4. The van der Waals surface area contributed by atoms with Gasteiger partial charge in [-0.15, -0.1) is 24.4 Å². The molecule has 1 aromatic carbocycles. The number of anilines is 2. The molecule has 0 aliphatic carbocycles. The van der Waals surface area contributed by atoms with Gasteiger partial charge in [-0.1, -0.05) is 0 Å². The fraction of sp³-hybridized carbons (Fsp3) is 0.571. The van der Waals surface area contributed by atoms with Crippen LogP contribution in [0.15, 0.2) is 21.9 Å². The van der Waals surface area contributed by atoms with Gasteiger partial charge in [0.05, 0.1) is 18.4 Å². The predicted molar refractivity (Wildman–Crippen MR) is 92.2 cm³/mol. The van der Waals surface area contributed by atoms with Gasteiger partial charge in [0.1, 0.15) is 18.3 Å². The summed E-state index contributed by atoms with van der Waals surface area (Å²) < 4.78 is 0. The lowest BCUT2D eigenvalue weighted by Gasteiger charge is -2.35. The summed E-state index contributed by atoms with van der Waals surface area (Å²) in [7, 11) is 0. The lowest BCUT2D eigenvalue weighted by atomic mass is 10.0. The summed E-state index contributed by atoms with van der Waals surface area (Å²) in [5, 5.41) is 47.9. The molecule has 130 valence electrons. The molecular weight excluding hydrogens is 340 g/mol. The highest BCUT2D eigenvalue weighted by Crippen LogP contribution is 2.38. The molecule has 1 aliphatic rings. The normalized spacial score (nSPS) is 19.8. The molecule has 7 N–H and O–H groups in total. The van der Waals surface area contributed by atoms with Gasteiger partial charge in [0.15, 0.2) is 0 Å². The van der Waals surface area contributed by atoms with Crippen LogP contribution in [0, 0.1) is 0 Å². The number of rotatable bonds is 6. The minimum Gasteiger partial charge on any atom is -0.398 e. The molecule has 1 heterocycles. The van der Waals surface area contributed by atoms with Gasteiger partial charge in [-0.25, -0.2) is 0 Å². The highest BCUT2D eigenvalue weighted by Gasteiger charge is 2.32. The lowest BCUT2D eigenvalue weighted by molar-refractivity contribution is -0.112. The largest absolute Gasteiger partial charge is 0.398 e. The van der Waals surface area contributed by atoms with Crippen LogP contribution < -0.4 is 10.6 Å². The van der Waals surface area contributed by atoms with Crippen LogP contribution in [-0.2, 0) is 0 Å². The van der Waals surface area contributed by atoms with Gasteiger partial charge >= 0.3 is 0 Å². The molecule has 0 saturated carbocycles. The van der Waals surface area contributed by atoms with E-state index >= 15 is 0 Å². The van der Waals surface area contributed by atoms with Gasteiger partial charge in [-0.3, -0.25) is 0 Å². The first-order valence-electron chi connectivity index (χ1n) is 7.18. The fourth-order valence-corrected chi connectivity index (χ4v) is 3.67. The predicted octanol–water partition coefficient (Wildman–Crippen LogP) is -1.09. The van der Waals surface area contributed by atoms with Crippen molar-refractivity contribution in [3.8, 4) is 0 Å². The summed E-state index contributed by atoms with van der Waals surface area (Å²) in [5.74, 6) is 0.795. The van der Waals surface area contributed by atoms with Crippen LogP contribution in [0.4, 0.5) is 11.4 Å². The number of fused-ring (bicyclic) bond motifs is 1. The Morgan fingerprint density at radius 2 is 1.83 bits per heavy atom. The van der Waals surface area contributed by atoms with E-state index in [0.29, 0.717) is 17.1 Å². The summed E-state index contributed by atoms with van der Waals surface area (Å²) in [6.45, 7) is 0.0225. The van der Waals surface area contributed by atoms with Crippen molar-refractivity contribution < 1.29 is 25.5 Å². The number of nitrogen functional groups attached to an aromatic ring is 1. The standard InChI is InChI=1S/C14H22N2O5S2/c15-7-3-12-8(4-11(7)22)16(1-2-23-12)5-9(18)13(20)14(21)10(19)6-17/h3-4,9-10,13-14,17-22H,1-2,5-6,15H2. The van der Waals surface area contributed by atoms with E-state index in [0.717, 1.165) is 16.3 Å². The lowest BCUT2D eigenvalue weighted by Crippen LogP contribution is -2.50. The van der Waals surface area contributed by atoms with Crippen LogP contribution in [-0.4, -0.2) is 75.4 Å². The number of aliphatic hydroxyl groups excluding tert-OH is 5. The van der Waals surface area contributed by atoms with E-state index in [4.69, 9.17) is 10.8 Å². The molecule has 7 nitrogen and oxygen atoms in total. The molecule has 0 radical (unpaired) electrons. The molecule has 9 heteroatoms. The Bertz CT molecular complexity index is 548.